The van der Waals surface area contributed by atoms with Crippen LogP contribution in [0.2, 0.25) is 0 Å². The lowest BCUT2D eigenvalue weighted by molar-refractivity contribution is 0.0438. The molecule has 0 spiro atoms. The van der Waals surface area contributed by atoms with Crippen LogP contribution >= 0.6 is 0 Å². The fourth-order valence-corrected chi connectivity index (χ4v) is 2.01. The molecule has 0 aliphatic carbocycles. The van der Waals surface area contributed by atoms with E-state index in [2.05, 4.69) is 0 Å². The third-order valence-electron chi connectivity index (χ3n) is 4.26. The minimum absolute atomic E-state index is 0.565. The monoisotopic (exact) mass is 280 g/mol. The maximum absolute atomic E-state index is 10.5. The van der Waals surface area contributed by atoms with Crippen LogP contribution in [-0.4, -0.2) is 15.3 Å². The zero-order valence-corrected chi connectivity index (χ0v) is 13.5. The Bertz CT molecular complexity index is 433. The first-order valence-electron chi connectivity index (χ1n) is 7.27. The lowest BCUT2D eigenvalue weighted by Gasteiger charge is -2.30. The largest absolute Gasteiger partial charge is 0.386 e. The first kappa shape index (κ1) is 17.2. The summed E-state index contributed by atoms with van der Waals surface area (Å²) in [5.74, 6) is 0. The van der Waals surface area contributed by atoms with Crippen molar-refractivity contribution in [3.8, 4) is 0 Å². The van der Waals surface area contributed by atoms with Crippen molar-refractivity contribution < 1.29 is 15.3 Å². The molecule has 3 heteroatoms. The molecule has 0 amide bonds. The van der Waals surface area contributed by atoms with Crippen molar-refractivity contribution in [2.75, 3.05) is 0 Å². The minimum Gasteiger partial charge on any atom is -0.386 e. The Hall–Kier alpha value is -0.900. The van der Waals surface area contributed by atoms with Crippen LogP contribution in [0.1, 0.15) is 71.1 Å². The second-order valence-corrected chi connectivity index (χ2v) is 6.61. The van der Waals surface area contributed by atoms with Gasteiger partial charge in [-0.1, -0.05) is 32.0 Å². The van der Waals surface area contributed by atoms with Gasteiger partial charge in [0.05, 0.1) is 16.8 Å². The van der Waals surface area contributed by atoms with E-state index in [0.717, 1.165) is 11.1 Å². The van der Waals surface area contributed by atoms with E-state index in [0.29, 0.717) is 18.4 Å². The molecule has 0 aliphatic heterocycles. The Morgan fingerprint density at radius 2 is 1.00 bits per heavy atom. The van der Waals surface area contributed by atoms with E-state index < -0.39 is 16.8 Å². The molecular weight excluding hydrogens is 252 g/mol. The lowest BCUT2D eigenvalue weighted by atomic mass is 9.82. The second kappa shape index (κ2) is 5.47. The highest BCUT2D eigenvalue weighted by Crippen LogP contribution is 2.34. The normalized spacial score (nSPS) is 18.4. The molecule has 3 N–H and O–H groups in total. The quantitative estimate of drug-likeness (QED) is 0.776. The van der Waals surface area contributed by atoms with Crippen molar-refractivity contribution in [3.05, 3.63) is 34.9 Å². The summed E-state index contributed by atoms with van der Waals surface area (Å²) in [7, 11) is 0. The van der Waals surface area contributed by atoms with Gasteiger partial charge in [0.2, 0.25) is 0 Å². The topological polar surface area (TPSA) is 60.7 Å². The maximum atomic E-state index is 10.5. The molecule has 114 valence electrons. The Morgan fingerprint density at radius 1 is 0.700 bits per heavy atom. The number of benzene rings is 1. The van der Waals surface area contributed by atoms with Gasteiger partial charge in [-0.2, -0.15) is 0 Å². The molecule has 0 radical (unpaired) electrons. The highest BCUT2D eigenvalue weighted by molar-refractivity contribution is 5.38. The van der Waals surface area contributed by atoms with E-state index in [-0.39, 0.29) is 0 Å². The predicted octanol–water partition coefficient (Wildman–Crippen LogP) is 3.15. The molecule has 0 saturated carbocycles. The number of hydrogen-bond acceptors (Lipinski definition) is 3. The van der Waals surface area contributed by atoms with Crippen molar-refractivity contribution in [2.45, 2.75) is 71.2 Å². The molecule has 0 saturated heterocycles. The number of hydrogen-bond donors (Lipinski definition) is 3. The fourth-order valence-electron chi connectivity index (χ4n) is 2.01. The van der Waals surface area contributed by atoms with E-state index in [9.17, 15) is 15.3 Å². The lowest BCUT2D eigenvalue weighted by Crippen LogP contribution is -2.26. The van der Waals surface area contributed by atoms with Crippen LogP contribution in [-0.2, 0) is 16.8 Å². The zero-order valence-electron chi connectivity index (χ0n) is 13.5. The van der Waals surface area contributed by atoms with E-state index in [1.165, 1.54) is 0 Å². The summed E-state index contributed by atoms with van der Waals surface area (Å²) in [4.78, 5) is 0. The SMILES string of the molecule is CCC(C)(O)c1cc(C(C)(C)O)cc(C(C)(O)CC)c1. The molecule has 0 aromatic heterocycles. The summed E-state index contributed by atoms with van der Waals surface area (Å²) in [5.41, 5.74) is -0.808. The summed E-state index contributed by atoms with van der Waals surface area (Å²) >= 11 is 0. The first-order chi connectivity index (χ1) is 8.94. The first-order valence-corrected chi connectivity index (χ1v) is 7.27. The van der Waals surface area contributed by atoms with Gasteiger partial charge in [-0.25, -0.2) is 0 Å². The van der Waals surface area contributed by atoms with Gasteiger partial charge in [0, 0.05) is 0 Å². The predicted molar refractivity (Wildman–Crippen MR) is 81.4 cm³/mol. The molecule has 1 rings (SSSR count). The van der Waals surface area contributed by atoms with Gasteiger partial charge in [0.15, 0.2) is 0 Å². The van der Waals surface area contributed by atoms with Crippen LogP contribution in [0.25, 0.3) is 0 Å². The summed E-state index contributed by atoms with van der Waals surface area (Å²) in [6.45, 7) is 10.7. The van der Waals surface area contributed by atoms with Gasteiger partial charge in [-0.15, -0.1) is 0 Å². The van der Waals surface area contributed by atoms with Gasteiger partial charge >= 0.3 is 0 Å². The van der Waals surface area contributed by atoms with Crippen LogP contribution in [0.5, 0.6) is 0 Å². The van der Waals surface area contributed by atoms with Crippen molar-refractivity contribution in [1.82, 2.24) is 0 Å². The van der Waals surface area contributed by atoms with Gasteiger partial charge in [-0.3, -0.25) is 0 Å². The van der Waals surface area contributed by atoms with Crippen LogP contribution in [0.4, 0.5) is 0 Å². The summed E-state index contributed by atoms with van der Waals surface area (Å²) in [6.07, 6.45) is 1.13. The highest BCUT2D eigenvalue weighted by Gasteiger charge is 2.29. The molecule has 1 aromatic rings. The van der Waals surface area contributed by atoms with Crippen molar-refractivity contribution in [3.63, 3.8) is 0 Å². The summed E-state index contributed by atoms with van der Waals surface area (Å²) < 4.78 is 0. The third kappa shape index (κ3) is 3.60. The molecule has 2 unspecified atom stereocenters. The molecule has 0 fully saturated rings. The molecular formula is C17H28O3. The highest BCUT2D eigenvalue weighted by atomic mass is 16.3. The molecule has 1 aromatic carbocycles. The molecule has 0 heterocycles. The van der Waals surface area contributed by atoms with E-state index in [1.54, 1.807) is 27.7 Å². The molecule has 3 nitrogen and oxygen atoms in total. The zero-order chi connectivity index (χ0) is 15.8. The Kier molecular flexibility index (Phi) is 4.69. The maximum Gasteiger partial charge on any atom is 0.0866 e. The van der Waals surface area contributed by atoms with Crippen molar-refractivity contribution in [1.29, 1.82) is 0 Å². The van der Waals surface area contributed by atoms with E-state index in [1.807, 2.05) is 32.0 Å². The second-order valence-electron chi connectivity index (χ2n) is 6.61. The van der Waals surface area contributed by atoms with Crippen molar-refractivity contribution in [2.24, 2.45) is 0 Å². The Labute approximate surface area is 122 Å². The van der Waals surface area contributed by atoms with E-state index in [4.69, 9.17) is 0 Å². The third-order valence-corrected chi connectivity index (χ3v) is 4.26. The Morgan fingerprint density at radius 3 is 1.25 bits per heavy atom. The molecule has 2 atom stereocenters. The standard InChI is InChI=1S/C17H28O3/c1-7-16(5,19)13-9-12(15(3,4)18)10-14(11-13)17(6,20)8-2/h9-11,18-20H,7-8H2,1-6H3. The van der Waals surface area contributed by atoms with Gasteiger partial charge < -0.3 is 15.3 Å². The minimum atomic E-state index is -1.02. The van der Waals surface area contributed by atoms with Crippen molar-refractivity contribution >= 4 is 0 Å². The van der Waals surface area contributed by atoms with Gasteiger partial charge in [0.1, 0.15) is 0 Å². The molecule has 0 bridgehead atoms. The van der Waals surface area contributed by atoms with Crippen LogP contribution < -0.4 is 0 Å². The summed E-state index contributed by atoms with van der Waals surface area (Å²) in [5, 5.41) is 31.2. The molecule has 20 heavy (non-hydrogen) atoms. The molecule has 0 aliphatic rings. The van der Waals surface area contributed by atoms with Gasteiger partial charge in [-0.05, 0) is 57.2 Å². The Balaban J connectivity index is 3.52. The van der Waals surface area contributed by atoms with Crippen LogP contribution in [0.15, 0.2) is 18.2 Å². The summed E-state index contributed by atoms with van der Waals surface area (Å²) in [6, 6.07) is 5.47. The van der Waals surface area contributed by atoms with Crippen LogP contribution in [0, 0.1) is 0 Å². The fraction of sp³-hybridized carbons (Fsp3) is 0.647. The average Bonchev–Trinajstić information content (AvgIpc) is 2.37. The smallest absolute Gasteiger partial charge is 0.0866 e. The van der Waals surface area contributed by atoms with E-state index >= 15 is 0 Å². The van der Waals surface area contributed by atoms with Gasteiger partial charge in [0.25, 0.3) is 0 Å². The van der Waals surface area contributed by atoms with Crippen LogP contribution in [0.3, 0.4) is 0 Å². The number of rotatable bonds is 5. The number of aliphatic hydroxyl groups is 3. The average molecular weight is 280 g/mol.